The molecule has 11 N–H and O–H groups in total. The van der Waals surface area contributed by atoms with E-state index < -0.39 is 31.2 Å². The van der Waals surface area contributed by atoms with Crippen LogP contribution in [-0.2, 0) is 19.2 Å². The van der Waals surface area contributed by atoms with E-state index in [0.717, 1.165) is 27.7 Å². The largest absolute Gasteiger partial charge is 0.631 e. The van der Waals surface area contributed by atoms with E-state index in [9.17, 15) is 0 Å². The van der Waals surface area contributed by atoms with Crippen LogP contribution < -0.4 is 11.5 Å². The van der Waals surface area contributed by atoms with E-state index in [1.165, 1.54) is 0 Å². The van der Waals surface area contributed by atoms with Crippen LogP contribution in [0.5, 0.6) is 0 Å². The predicted molar refractivity (Wildman–Crippen MR) is 83.8 cm³/mol. The minimum absolute atomic E-state index is 0.597. The van der Waals surface area contributed by atoms with Gasteiger partial charge in [0, 0.05) is 40.8 Å². The molecule has 0 aromatic carbocycles. The van der Waals surface area contributed by atoms with Gasteiger partial charge >= 0.3 is 7.32 Å². The Bertz CT molecular complexity index is 232. The summed E-state index contributed by atoms with van der Waals surface area (Å²) in [6, 6.07) is 0. The van der Waals surface area contributed by atoms with Gasteiger partial charge in [-0.2, -0.15) is 0 Å². The highest BCUT2D eigenvalue weighted by Gasteiger charge is 1.92. The molecule has 0 radical (unpaired) electrons. The van der Waals surface area contributed by atoms with Crippen LogP contribution in [0.15, 0.2) is 0 Å². The van der Waals surface area contributed by atoms with Gasteiger partial charge in [-0.25, -0.2) is 0 Å². The van der Waals surface area contributed by atoms with Gasteiger partial charge in [0.25, 0.3) is 23.9 Å². The van der Waals surface area contributed by atoms with Crippen molar-refractivity contribution in [1.82, 2.24) is 0 Å². The first-order valence-corrected chi connectivity index (χ1v) is 5.80. The molecule has 0 aromatic heterocycles. The zero-order chi connectivity index (χ0) is 21.3. The fourth-order valence-corrected chi connectivity index (χ4v) is 0. The van der Waals surface area contributed by atoms with Crippen molar-refractivity contribution in [3.63, 3.8) is 0 Å². The highest BCUT2D eigenvalue weighted by atomic mass is 16.5. The molecule has 0 rings (SSSR count). The summed E-state index contributed by atoms with van der Waals surface area (Å²) in [7, 11) is -2.17. The Morgan fingerprint density at radius 1 is 0.625 bits per heavy atom. The molecule has 24 heavy (non-hydrogen) atoms. The maximum Gasteiger partial charge on any atom is 0.631 e. The second-order valence-electron chi connectivity index (χ2n) is 3.00. The Labute approximate surface area is 139 Å². The molecule has 0 spiro atoms. The molecule has 0 aliphatic rings. The first kappa shape index (κ1) is 37.7. The van der Waals surface area contributed by atoms with Crippen LogP contribution in [-0.4, -0.2) is 79.8 Å². The molecule has 14 heteroatoms. The molecule has 0 unspecified atom stereocenters. The topological polar surface area (TPSA) is 262 Å². The lowest BCUT2D eigenvalue weighted by atomic mass is 10.3. The van der Waals surface area contributed by atoms with Crippen molar-refractivity contribution in [3.05, 3.63) is 0 Å². The molecule has 0 aliphatic carbocycles. The monoisotopic (exact) mass is 362 g/mol. The van der Waals surface area contributed by atoms with Gasteiger partial charge < -0.3 is 47.0 Å². The molecule has 0 aliphatic heterocycles. The van der Waals surface area contributed by atoms with E-state index in [-0.39, 0.29) is 0 Å². The molecule has 146 valence electrons. The fourth-order valence-electron chi connectivity index (χ4n) is 0. The molecule has 0 heterocycles. The van der Waals surface area contributed by atoms with Crippen molar-refractivity contribution < 1.29 is 54.7 Å². The van der Waals surface area contributed by atoms with Gasteiger partial charge in [0.15, 0.2) is 0 Å². The molecule has 0 aromatic rings. The van der Waals surface area contributed by atoms with E-state index in [1.807, 2.05) is 0 Å². The Morgan fingerprint density at radius 2 is 0.667 bits per heavy atom. The van der Waals surface area contributed by atoms with Crippen LogP contribution in [0, 0.1) is 0 Å². The Hall–Kier alpha value is -2.26. The van der Waals surface area contributed by atoms with Crippen LogP contribution in [0.4, 0.5) is 0 Å². The number of carbonyl (C=O) groups is 4. The SMILES string of the molecule is CC(=O)O.CC(=O)O.CC(=O)O.CC(=O)O.NCCN.OB(O)O. The average Bonchev–Trinajstić information content (AvgIpc) is 2.24. The molecular weight excluding hydrogens is 335 g/mol. The Kier molecular flexibility index (Phi) is 58.5. The number of aliphatic carboxylic acids is 4. The van der Waals surface area contributed by atoms with Crippen LogP contribution >= 0.6 is 0 Å². The maximum absolute atomic E-state index is 9.00. The number of carboxylic acid groups (broad SMARTS) is 4. The predicted octanol–water partition coefficient (Wildman–Crippen LogP) is -2.78. The number of hydrogen-bond donors (Lipinski definition) is 9. The van der Waals surface area contributed by atoms with E-state index in [4.69, 9.17) is 66.1 Å². The smallest absolute Gasteiger partial charge is 0.481 e. The van der Waals surface area contributed by atoms with Gasteiger partial charge in [-0.15, -0.1) is 0 Å². The zero-order valence-electron chi connectivity index (χ0n) is 13.9. The standard InChI is InChI=1S/C2H8N2.4C2H4O2.BH3O3/c3-1-2-4;4*1-2(3)4;2-1(3)4/h1-4H2;4*1H3,(H,3,4);2-4H. The second kappa shape index (κ2) is 37.2. The highest BCUT2D eigenvalue weighted by Crippen LogP contribution is 1.43. The van der Waals surface area contributed by atoms with Gasteiger partial charge in [-0.1, -0.05) is 0 Å². The molecule has 13 nitrogen and oxygen atoms in total. The van der Waals surface area contributed by atoms with Crippen molar-refractivity contribution in [2.45, 2.75) is 27.7 Å². The van der Waals surface area contributed by atoms with E-state index in [2.05, 4.69) is 0 Å². The minimum Gasteiger partial charge on any atom is -0.481 e. The van der Waals surface area contributed by atoms with Gasteiger partial charge in [-0.3, -0.25) is 19.2 Å². The van der Waals surface area contributed by atoms with E-state index in [1.54, 1.807) is 0 Å². The molecule has 0 saturated carbocycles. The lowest BCUT2D eigenvalue weighted by Crippen LogP contribution is -2.11. The third-order valence-corrected chi connectivity index (χ3v) is 0.167. The normalized spacial score (nSPS) is 6.54. The number of hydrogen-bond acceptors (Lipinski definition) is 9. The third-order valence-electron chi connectivity index (χ3n) is 0.167. The second-order valence-corrected chi connectivity index (χ2v) is 3.00. The summed E-state index contributed by atoms with van der Waals surface area (Å²) in [6.07, 6.45) is 0. The van der Waals surface area contributed by atoms with Crippen LogP contribution in [0.3, 0.4) is 0 Å². The van der Waals surface area contributed by atoms with E-state index >= 15 is 0 Å². The van der Waals surface area contributed by atoms with E-state index in [0.29, 0.717) is 13.1 Å². The minimum atomic E-state index is -2.17. The molecule has 0 amide bonds. The Balaban J connectivity index is -0.0000000405. The number of rotatable bonds is 1. The number of nitrogens with two attached hydrogens (primary N) is 2. The lowest BCUT2D eigenvalue weighted by Gasteiger charge is -1.72. The molecule has 0 bridgehead atoms. The quantitative estimate of drug-likeness (QED) is 0.214. The fraction of sp³-hybridized carbons (Fsp3) is 0.600. The number of carboxylic acids is 4. The van der Waals surface area contributed by atoms with Gasteiger partial charge in [0.05, 0.1) is 0 Å². The summed E-state index contributed by atoms with van der Waals surface area (Å²) in [5.41, 5.74) is 9.81. The van der Waals surface area contributed by atoms with Crippen molar-refractivity contribution in [2.75, 3.05) is 13.1 Å². The summed E-state index contributed by atoms with van der Waals surface area (Å²) in [4.78, 5) is 36.0. The van der Waals surface area contributed by atoms with Gasteiger partial charge in [0.1, 0.15) is 0 Å². The van der Waals surface area contributed by atoms with Crippen LogP contribution in [0.25, 0.3) is 0 Å². The summed E-state index contributed by atoms with van der Waals surface area (Å²) in [5.74, 6) is -3.33. The van der Waals surface area contributed by atoms with Crippen molar-refractivity contribution in [3.8, 4) is 0 Å². The summed E-state index contributed by atoms with van der Waals surface area (Å²) in [5, 5.41) is 51.2. The molecule has 0 atom stereocenters. The summed E-state index contributed by atoms with van der Waals surface area (Å²) >= 11 is 0. The van der Waals surface area contributed by atoms with Crippen LogP contribution in [0.1, 0.15) is 27.7 Å². The van der Waals surface area contributed by atoms with Crippen molar-refractivity contribution >= 4 is 31.2 Å². The maximum atomic E-state index is 9.00. The summed E-state index contributed by atoms with van der Waals surface area (Å²) in [6.45, 7) is 5.53. The van der Waals surface area contributed by atoms with Crippen molar-refractivity contribution in [1.29, 1.82) is 0 Å². The zero-order valence-corrected chi connectivity index (χ0v) is 13.9. The van der Waals surface area contributed by atoms with Crippen molar-refractivity contribution in [2.24, 2.45) is 11.5 Å². The van der Waals surface area contributed by atoms with Gasteiger partial charge in [0.2, 0.25) is 0 Å². The first-order valence-electron chi connectivity index (χ1n) is 5.80. The highest BCUT2D eigenvalue weighted by molar-refractivity contribution is 6.30. The first-order chi connectivity index (χ1) is 10.6. The average molecular weight is 362 g/mol. The Morgan fingerprint density at radius 3 is 0.667 bits per heavy atom. The molecule has 0 fully saturated rings. The summed E-state index contributed by atoms with van der Waals surface area (Å²) < 4.78 is 0. The third kappa shape index (κ3) is 4400. The van der Waals surface area contributed by atoms with Gasteiger partial charge in [-0.05, 0) is 0 Å². The lowest BCUT2D eigenvalue weighted by molar-refractivity contribution is -0.135. The molecule has 0 saturated heterocycles. The molecular formula is C10H27BN2O11. The van der Waals surface area contributed by atoms with Crippen LogP contribution in [0.2, 0.25) is 0 Å².